The van der Waals surface area contributed by atoms with Gasteiger partial charge in [0.15, 0.2) is 11.5 Å². The first-order chi connectivity index (χ1) is 13.0. The summed E-state index contributed by atoms with van der Waals surface area (Å²) in [5.74, 6) is 2.93. The first-order valence-corrected chi connectivity index (χ1v) is 9.28. The van der Waals surface area contributed by atoms with Crippen molar-refractivity contribution < 1.29 is 9.47 Å². The molecule has 1 unspecified atom stereocenters. The van der Waals surface area contributed by atoms with Gasteiger partial charge in [0.05, 0.1) is 19.9 Å². The number of fused-ring (bicyclic) bond motifs is 3. The molecule has 4 rings (SSSR count). The lowest BCUT2D eigenvalue weighted by Gasteiger charge is -2.20. The van der Waals surface area contributed by atoms with Gasteiger partial charge in [-0.2, -0.15) is 5.10 Å². The van der Waals surface area contributed by atoms with Crippen molar-refractivity contribution in [2.45, 2.75) is 19.8 Å². The normalized spacial score (nSPS) is 14.8. The van der Waals surface area contributed by atoms with Crippen LogP contribution in [0.4, 0.5) is 11.5 Å². The Bertz CT molecular complexity index is 997. The third kappa shape index (κ3) is 2.92. The Kier molecular flexibility index (Phi) is 4.48. The summed E-state index contributed by atoms with van der Waals surface area (Å²) in [5.41, 5.74) is 5.33. The highest BCUT2D eigenvalue weighted by Gasteiger charge is 2.37. The first kappa shape index (κ1) is 17.7. The molecule has 1 aliphatic rings. The molecule has 1 aliphatic carbocycles. The SMILES string of the molecule is COc1cc2c(cc1OC)C(C(C)C)c1c-2n[nH]c1Nc1cccc(Cl)c1. The largest absolute Gasteiger partial charge is 0.493 e. The van der Waals surface area contributed by atoms with E-state index in [1.54, 1.807) is 14.2 Å². The third-order valence-corrected chi connectivity index (χ3v) is 5.26. The van der Waals surface area contributed by atoms with E-state index in [1.165, 1.54) is 5.56 Å². The molecule has 0 bridgehead atoms. The van der Waals surface area contributed by atoms with E-state index in [0.717, 1.165) is 34.1 Å². The van der Waals surface area contributed by atoms with E-state index in [2.05, 4.69) is 35.4 Å². The van der Waals surface area contributed by atoms with Crippen LogP contribution in [0.15, 0.2) is 36.4 Å². The van der Waals surface area contributed by atoms with E-state index < -0.39 is 0 Å². The lowest BCUT2D eigenvalue weighted by Crippen LogP contribution is -2.07. The average Bonchev–Trinajstić information content (AvgIpc) is 3.18. The molecular formula is C21H22ClN3O2. The second-order valence-corrected chi connectivity index (χ2v) is 7.45. The summed E-state index contributed by atoms with van der Waals surface area (Å²) in [6.45, 7) is 4.44. The number of H-pyrrole nitrogens is 1. The first-order valence-electron chi connectivity index (χ1n) is 8.90. The predicted octanol–water partition coefficient (Wildman–Crippen LogP) is 5.59. The molecule has 2 N–H and O–H groups in total. The number of nitrogens with zero attached hydrogens (tertiary/aromatic N) is 1. The fourth-order valence-electron chi connectivity index (χ4n) is 3.87. The molecule has 1 heterocycles. The number of anilines is 2. The van der Waals surface area contributed by atoms with Crippen molar-refractivity contribution in [2.24, 2.45) is 5.92 Å². The number of aromatic amines is 1. The van der Waals surface area contributed by atoms with Gasteiger partial charge in [-0.15, -0.1) is 0 Å². The van der Waals surface area contributed by atoms with Crippen LogP contribution in [0.1, 0.15) is 30.9 Å². The van der Waals surface area contributed by atoms with E-state index in [0.29, 0.717) is 16.7 Å². The molecule has 27 heavy (non-hydrogen) atoms. The van der Waals surface area contributed by atoms with Gasteiger partial charge in [0, 0.05) is 27.8 Å². The number of halogens is 1. The van der Waals surface area contributed by atoms with Gasteiger partial charge in [-0.1, -0.05) is 31.5 Å². The smallest absolute Gasteiger partial charge is 0.161 e. The predicted molar refractivity (Wildman–Crippen MR) is 109 cm³/mol. The van der Waals surface area contributed by atoms with Crippen molar-refractivity contribution in [1.29, 1.82) is 0 Å². The van der Waals surface area contributed by atoms with Gasteiger partial charge in [0.1, 0.15) is 5.82 Å². The van der Waals surface area contributed by atoms with E-state index in [9.17, 15) is 0 Å². The standard InChI is InChI=1S/C21H22ClN3O2/c1-11(2)18-14-9-16(26-3)17(27-4)10-15(14)20-19(18)21(25-24-20)23-13-7-5-6-12(22)8-13/h5-11,18H,1-4H3,(H2,23,24,25). The van der Waals surface area contributed by atoms with Gasteiger partial charge in [0.25, 0.3) is 0 Å². The second-order valence-electron chi connectivity index (χ2n) is 7.01. The van der Waals surface area contributed by atoms with Gasteiger partial charge in [-0.05, 0) is 41.8 Å². The lowest BCUT2D eigenvalue weighted by molar-refractivity contribution is 0.354. The summed E-state index contributed by atoms with van der Waals surface area (Å²) < 4.78 is 11.0. The molecule has 5 nitrogen and oxygen atoms in total. The molecule has 0 fully saturated rings. The number of aromatic nitrogens is 2. The molecule has 140 valence electrons. The Morgan fingerprint density at radius 1 is 1.11 bits per heavy atom. The number of rotatable bonds is 5. The van der Waals surface area contributed by atoms with Gasteiger partial charge in [-0.25, -0.2) is 0 Å². The van der Waals surface area contributed by atoms with Crippen LogP contribution in [0.3, 0.4) is 0 Å². The molecule has 3 aromatic rings. The van der Waals surface area contributed by atoms with E-state index in [1.807, 2.05) is 30.3 Å². The number of ether oxygens (including phenoxy) is 2. The van der Waals surface area contributed by atoms with Crippen LogP contribution in [0.5, 0.6) is 11.5 Å². The van der Waals surface area contributed by atoms with Gasteiger partial charge in [-0.3, -0.25) is 5.10 Å². The number of nitrogens with one attached hydrogen (secondary N) is 2. The molecule has 0 saturated carbocycles. The Balaban J connectivity index is 1.83. The fourth-order valence-corrected chi connectivity index (χ4v) is 4.06. The number of hydrogen-bond donors (Lipinski definition) is 2. The lowest BCUT2D eigenvalue weighted by atomic mass is 9.87. The summed E-state index contributed by atoms with van der Waals surface area (Å²) in [7, 11) is 3.31. The minimum absolute atomic E-state index is 0.204. The maximum Gasteiger partial charge on any atom is 0.161 e. The molecule has 0 amide bonds. The molecular weight excluding hydrogens is 362 g/mol. The van der Waals surface area contributed by atoms with Crippen molar-refractivity contribution >= 4 is 23.1 Å². The highest BCUT2D eigenvalue weighted by atomic mass is 35.5. The van der Waals surface area contributed by atoms with Crippen LogP contribution < -0.4 is 14.8 Å². The molecule has 6 heteroatoms. The number of hydrogen-bond acceptors (Lipinski definition) is 4. The molecule has 0 aliphatic heterocycles. The molecule has 0 saturated heterocycles. The summed E-state index contributed by atoms with van der Waals surface area (Å²) in [4.78, 5) is 0. The maximum atomic E-state index is 6.13. The highest BCUT2D eigenvalue weighted by molar-refractivity contribution is 6.30. The van der Waals surface area contributed by atoms with Gasteiger partial charge in [0.2, 0.25) is 0 Å². The Morgan fingerprint density at radius 2 is 1.85 bits per heavy atom. The highest BCUT2D eigenvalue weighted by Crippen LogP contribution is 2.53. The van der Waals surface area contributed by atoms with Crippen LogP contribution in [-0.2, 0) is 0 Å². The van der Waals surface area contributed by atoms with Gasteiger partial charge >= 0.3 is 0 Å². The van der Waals surface area contributed by atoms with E-state index >= 15 is 0 Å². The van der Waals surface area contributed by atoms with Crippen molar-refractivity contribution in [3.05, 3.63) is 52.5 Å². The van der Waals surface area contributed by atoms with Crippen LogP contribution in [0.2, 0.25) is 5.02 Å². The zero-order valence-electron chi connectivity index (χ0n) is 15.8. The fraction of sp³-hybridized carbons (Fsp3) is 0.286. The van der Waals surface area contributed by atoms with Crippen LogP contribution in [0.25, 0.3) is 11.3 Å². The topological polar surface area (TPSA) is 59.2 Å². The quantitative estimate of drug-likeness (QED) is 0.602. The molecule has 0 radical (unpaired) electrons. The minimum atomic E-state index is 0.204. The van der Waals surface area contributed by atoms with E-state index in [4.69, 9.17) is 21.1 Å². The monoisotopic (exact) mass is 383 g/mol. The molecule has 1 atom stereocenters. The second kappa shape index (κ2) is 6.82. The zero-order chi connectivity index (χ0) is 19.1. The zero-order valence-corrected chi connectivity index (χ0v) is 16.5. The average molecular weight is 384 g/mol. The van der Waals surface area contributed by atoms with Crippen LogP contribution in [0, 0.1) is 5.92 Å². The van der Waals surface area contributed by atoms with Crippen molar-refractivity contribution in [2.75, 3.05) is 19.5 Å². The van der Waals surface area contributed by atoms with E-state index in [-0.39, 0.29) is 5.92 Å². The Labute approximate surface area is 163 Å². The Hall–Kier alpha value is -2.66. The number of methoxy groups -OCH3 is 2. The summed E-state index contributed by atoms with van der Waals surface area (Å²) in [6, 6.07) is 11.7. The van der Waals surface area contributed by atoms with Crippen LogP contribution >= 0.6 is 11.6 Å². The van der Waals surface area contributed by atoms with Crippen LogP contribution in [-0.4, -0.2) is 24.4 Å². The van der Waals surface area contributed by atoms with Crippen molar-refractivity contribution in [3.8, 4) is 22.8 Å². The summed E-state index contributed by atoms with van der Waals surface area (Å²) in [6.07, 6.45) is 0. The van der Waals surface area contributed by atoms with Gasteiger partial charge < -0.3 is 14.8 Å². The number of benzene rings is 2. The minimum Gasteiger partial charge on any atom is -0.493 e. The summed E-state index contributed by atoms with van der Waals surface area (Å²) >= 11 is 6.13. The molecule has 0 spiro atoms. The van der Waals surface area contributed by atoms with Crippen molar-refractivity contribution in [1.82, 2.24) is 10.2 Å². The van der Waals surface area contributed by atoms with Crippen molar-refractivity contribution in [3.63, 3.8) is 0 Å². The maximum absolute atomic E-state index is 6.13. The molecule has 2 aromatic carbocycles. The Morgan fingerprint density at radius 3 is 2.52 bits per heavy atom. The summed E-state index contributed by atoms with van der Waals surface area (Å²) in [5, 5.41) is 11.9. The third-order valence-electron chi connectivity index (χ3n) is 5.02. The molecule has 1 aromatic heterocycles.